The van der Waals surface area contributed by atoms with Crippen LogP contribution in [0.1, 0.15) is 43.7 Å². The zero-order chi connectivity index (χ0) is 13.7. The van der Waals surface area contributed by atoms with Gasteiger partial charge in [0.2, 0.25) is 0 Å². The van der Waals surface area contributed by atoms with Gasteiger partial charge in [-0.3, -0.25) is 4.90 Å². The van der Waals surface area contributed by atoms with Crippen molar-refractivity contribution in [2.75, 3.05) is 19.6 Å². The summed E-state index contributed by atoms with van der Waals surface area (Å²) in [5, 5.41) is 0. The minimum Gasteiger partial charge on any atom is -0.329 e. The van der Waals surface area contributed by atoms with Gasteiger partial charge in [0.1, 0.15) is 11.6 Å². The molecule has 1 aliphatic rings. The third kappa shape index (κ3) is 3.74. The highest BCUT2D eigenvalue weighted by atomic mass is 19.1. The Morgan fingerprint density at radius 3 is 2.32 bits per heavy atom. The molecule has 2 rings (SSSR count). The molecule has 1 aromatic rings. The molecular formula is C15H22F2N2. The first-order valence-corrected chi connectivity index (χ1v) is 7.11. The summed E-state index contributed by atoms with van der Waals surface area (Å²) in [5.74, 6) is -0.763. The molecule has 1 heterocycles. The van der Waals surface area contributed by atoms with Gasteiger partial charge < -0.3 is 5.73 Å². The molecule has 0 aromatic heterocycles. The molecule has 1 unspecified atom stereocenters. The summed E-state index contributed by atoms with van der Waals surface area (Å²) in [6, 6.07) is 3.41. The van der Waals surface area contributed by atoms with Gasteiger partial charge in [-0.05, 0) is 44.1 Å². The van der Waals surface area contributed by atoms with Crippen molar-refractivity contribution in [3.63, 3.8) is 0 Å². The van der Waals surface area contributed by atoms with Crippen LogP contribution in [0.4, 0.5) is 8.78 Å². The smallest absolute Gasteiger partial charge is 0.128 e. The summed E-state index contributed by atoms with van der Waals surface area (Å²) < 4.78 is 27.2. The maximum Gasteiger partial charge on any atom is 0.128 e. The number of likely N-dealkylation sites (tertiary alicyclic amines) is 1. The average Bonchev–Trinajstić information content (AvgIpc) is 2.36. The zero-order valence-electron chi connectivity index (χ0n) is 11.2. The second kappa shape index (κ2) is 6.96. The minimum absolute atomic E-state index is 0.214. The molecule has 106 valence electrons. The molecule has 0 amide bonds. The van der Waals surface area contributed by atoms with Gasteiger partial charge in [-0.1, -0.05) is 19.3 Å². The fourth-order valence-corrected chi connectivity index (χ4v) is 2.83. The predicted octanol–water partition coefficient (Wildman–Crippen LogP) is 3.23. The zero-order valence-corrected chi connectivity index (χ0v) is 11.2. The van der Waals surface area contributed by atoms with Crippen LogP contribution in [0, 0.1) is 11.6 Å². The molecule has 1 saturated heterocycles. The van der Waals surface area contributed by atoms with Crippen LogP contribution in [0.25, 0.3) is 0 Å². The molecule has 2 N–H and O–H groups in total. The first kappa shape index (κ1) is 14.4. The van der Waals surface area contributed by atoms with Crippen molar-refractivity contribution >= 4 is 0 Å². The molecule has 0 radical (unpaired) electrons. The van der Waals surface area contributed by atoms with E-state index in [0.717, 1.165) is 32.0 Å². The Bertz CT molecular complexity index is 401. The fraction of sp³-hybridized carbons (Fsp3) is 0.600. The van der Waals surface area contributed by atoms with Crippen molar-refractivity contribution in [2.24, 2.45) is 5.73 Å². The molecule has 1 atom stereocenters. The lowest BCUT2D eigenvalue weighted by Gasteiger charge is -2.32. The van der Waals surface area contributed by atoms with Crippen molar-refractivity contribution in [1.82, 2.24) is 4.90 Å². The number of halogens is 2. The Morgan fingerprint density at radius 2 is 1.68 bits per heavy atom. The molecule has 0 bridgehead atoms. The normalized spacial score (nSPS) is 19.7. The number of benzene rings is 1. The van der Waals surface area contributed by atoms with Crippen molar-refractivity contribution in [1.29, 1.82) is 0 Å². The van der Waals surface area contributed by atoms with Crippen molar-refractivity contribution < 1.29 is 8.78 Å². The van der Waals surface area contributed by atoms with E-state index in [4.69, 9.17) is 5.73 Å². The lowest BCUT2D eigenvalue weighted by molar-refractivity contribution is 0.180. The molecule has 1 fully saturated rings. The lowest BCUT2D eigenvalue weighted by Crippen LogP contribution is -2.36. The van der Waals surface area contributed by atoms with Crippen molar-refractivity contribution in [3.8, 4) is 0 Å². The van der Waals surface area contributed by atoms with E-state index in [2.05, 4.69) is 4.90 Å². The van der Waals surface area contributed by atoms with E-state index in [0.29, 0.717) is 12.1 Å². The SMILES string of the molecule is NCC(c1cc(F)ccc1F)N1CCCCCCC1. The van der Waals surface area contributed by atoms with Crippen LogP contribution >= 0.6 is 0 Å². The number of hydrogen-bond donors (Lipinski definition) is 1. The highest BCUT2D eigenvalue weighted by molar-refractivity contribution is 5.23. The lowest BCUT2D eigenvalue weighted by atomic mass is 10.0. The summed E-state index contributed by atoms with van der Waals surface area (Å²) in [5.41, 5.74) is 6.21. The molecule has 1 aliphatic heterocycles. The first-order chi connectivity index (χ1) is 9.22. The maximum atomic E-state index is 13.9. The highest BCUT2D eigenvalue weighted by Gasteiger charge is 2.22. The maximum absolute atomic E-state index is 13.9. The van der Waals surface area contributed by atoms with E-state index >= 15 is 0 Å². The van der Waals surface area contributed by atoms with E-state index in [9.17, 15) is 8.78 Å². The third-order valence-corrected chi connectivity index (χ3v) is 3.87. The summed E-state index contributed by atoms with van der Waals surface area (Å²) in [6.45, 7) is 2.15. The van der Waals surface area contributed by atoms with Crippen molar-refractivity contribution in [3.05, 3.63) is 35.4 Å². The van der Waals surface area contributed by atoms with Gasteiger partial charge in [-0.15, -0.1) is 0 Å². The highest BCUT2D eigenvalue weighted by Crippen LogP contribution is 2.25. The Morgan fingerprint density at radius 1 is 1.05 bits per heavy atom. The summed E-state index contributed by atoms with van der Waals surface area (Å²) in [4.78, 5) is 2.21. The van der Waals surface area contributed by atoms with E-state index in [1.807, 2.05) is 0 Å². The van der Waals surface area contributed by atoms with E-state index in [-0.39, 0.29) is 11.9 Å². The van der Waals surface area contributed by atoms with Crippen LogP contribution in [0.2, 0.25) is 0 Å². The van der Waals surface area contributed by atoms with Gasteiger partial charge in [0.15, 0.2) is 0 Å². The molecule has 19 heavy (non-hydrogen) atoms. The molecule has 0 saturated carbocycles. The largest absolute Gasteiger partial charge is 0.329 e. The Balaban J connectivity index is 2.19. The Labute approximate surface area is 113 Å². The monoisotopic (exact) mass is 268 g/mol. The van der Waals surface area contributed by atoms with Crippen LogP contribution in [0.15, 0.2) is 18.2 Å². The molecule has 2 nitrogen and oxygen atoms in total. The Kier molecular flexibility index (Phi) is 5.28. The quantitative estimate of drug-likeness (QED) is 0.912. The summed E-state index contributed by atoms with van der Waals surface area (Å²) in [7, 11) is 0. The van der Waals surface area contributed by atoms with Gasteiger partial charge in [-0.2, -0.15) is 0 Å². The molecule has 0 spiro atoms. The van der Waals surface area contributed by atoms with E-state index < -0.39 is 5.82 Å². The number of nitrogens with zero attached hydrogens (tertiary/aromatic N) is 1. The summed E-state index contributed by atoms with van der Waals surface area (Å²) in [6.07, 6.45) is 5.90. The van der Waals surface area contributed by atoms with Crippen LogP contribution in [-0.2, 0) is 0 Å². The minimum atomic E-state index is -0.401. The van der Waals surface area contributed by atoms with Gasteiger partial charge in [0.05, 0.1) is 0 Å². The van der Waals surface area contributed by atoms with Gasteiger partial charge >= 0.3 is 0 Å². The van der Waals surface area contributed by atoms with Crippen LogP contribution in [-0.4, -0.2) is 24.5 Å². The number of rotatable bonds is 3. The topological polar surface area (TPSA) is 29.3 Å². The molecular weight excluding hydrogens is 246 g/mol. The molecule has 4 heteroatoms. The van der Waals surface area contributed by atoms with E-state index in [1.54, 1.807) is 0 Å². The fourth-order valence-electron chi connectivity index (χ4n) is 2.83. The first-order valence-electron chi connectivity index (χ1n) is 7.11. The molecule has 0 aliphatic carbocycles. The number of nitrogens with two attached hydrogens (primary N) is 1. The van der Waals surface area contributed by atoms with Crippen LogP contribution in [0.3, 0.4) is 0 Å². The Hall–Kier alpha value is -1.00. The van der Waals surface area contributed by atoms with Gasteiger partial charge in [-0.25, -0.2) is 8.78 Å². The van der Waals surface area contributed by atoms with Crippen molar-refractivity contribution in [2.45, 2.75) is 38.1 Å². The van der Waals surface area contributed by atoms with Gasteiger partial charge in [0, 0.05) is 18.2 Å². The van der Waals surface area contributed by atoms with Gasteiger partial charge in [0.25, 0.3) is 0 Å². The second-order valence-corrected chi connectivity index (χ2v) is 5.22. The standard InChI is InChI=1S/C15H22F2N2/c16-12-6-7-14(17)13(10-12)15(11-18)19-8-4-2-1-3-5-9-19/h6-7,10,15H,1-5,8-9,11,18H2. The average molecular weight is 268 g/mol. The molecule has 1 aromatic carbocycles. The van der Waals surface area contributed by atoms with Crippen LogP contribution < -0.4 is 5.73 Å². The van der Waals surface area contributed by atoms with E-state index in [1.165, 1.54) is 31.4 Å². The second-order valence-electron chi connectivity index (χ2n) is 5.22. The number of hydrogen-bond acceptors (Lipinski definition) is 2. The third-order valence-electron chi connectivity index (χ3n) is 3.87. The van der Waals surface area contributed by atoms with Crippen LogP contribution in [0.5, 0.6) is 0 Å². The summed E-state index contributed by atoms with van der Waals surface area (Å²) >= 11 is 0. The predicted molar refractivity (Wildman–Crippen MR) is 72.8 cm³/mol.